The Labute approximate surface area is 150 Å². The number of amides is 1. The van der Waals surface area contributed by atoms with Crippen molar-refractivity contribution in [2.75, 3.05) is 5.32 Å². The van der Waals surface area contributed by atoms with Crippen LogP contribution in [0.25, 0.3) is 0 Å². The van der Waals surface area contributed by atoms with Crippen molar-refractivity contribution in [3.8, 4) is 5.75 Å². The maximum absolute atomic E-state index is 12.1. The Kier molecular flexibility index (Phi) is 5.89. The first-order valence-electron chi connectivity index (χ1n) is 6.14. The highest BCUT2D eigenvalue weighted by Gasteiger charge is 2.16. The van der Waals surface area contributed by atoms with Crippen LogP contribution in [0.15, 0.2) is 46.9 Å². The first kappa shape index (κ1) is 16.6. The predicted octanol–water partition coefficient (Wildman–Crippen LogP) is 5.11. The summed E-state index contributed by atoms with van der Waals surface area (Å²) in [6.45, 7) is 1.70. The van der Waals surface area contributed by atoms with Gasteiger partial charge in [0.15, 0.2) is 6.10 Å². The molecule has 0 heterocycles. The van der Waals surface area contributed by atoms with E-state index in [-0.39, 0.29) is 5.91 Å². The van der Waals surface area contributed by atoms with E-state index in [0.717, 1.165) is 9.26 Å². The average Bonchev–Trinajstić information content (AvgIpc) is 2.44. The smallest absolute Gasteiger partial charge is 0.265 e. The lowest BCUT2D eigenvalue weighted by atomic mass is 10.3. The highest BCUT2D eigenvalue weighted by molar-refractivity contribution is 14.1. The van der Waals surface area contributed by atoms with Gasteiger partial charge in [0.25, 0.3) is 5.91 Å². The van der Waals surface area contributed by atoms with Gasteiger partial charge in [0.2, 0.25) is 0 Å². The molecule has 0 aromatic heterocycles. The van der Waals surface area contributed by atoms with Gasteiger partial charge in [0.05, 0.1) is 4.47 Å². The molecule has 1 N–H and O–H groups in total. The van der Waals surface area contributed by atoms with Crippen molar-refractivity contribution < 1.29 is 9.53 Å². The maximum Gasteiger partial charge on any atom is 0.265 e. The number of rotatable bonds is 4. The molecule has 0 bridgehead atoms. The van der Waals surface area contributed by atoms with Gasteiger partial charge in [0.1, 0.15) is 5.75 Å². The molecule has 0 spiro atoms. The minimum atomic E-state index is -0.623. The molecule has 0 saturated heterocycles. The quantitative estimate of drug-likeness (QED) is 0.618. The van der Waals surface area contributed by atoms with Crippen molar-refractivity contribution >= 4 is 61.7 Å². The number of hydrogen-bond acceptors (Lipinski definition) is 2. The van der Waals surface area contributed by atoms with Gasteiger partial charge in [-0.2, -0.15) is 0 Å². The van der Waals surface area contributed by atoms with Gasteiger partial charge in [-0.1, -0.05) is 11.6 Å². The van der Waals surface area contributed by atoms with E-state index in [4.69, 9.17) is 16.3 Å². The third kappa shape index (κ3) is 4.86. The zero-order valence-electron chi connectivity index (χ0n) is 11.1. The fourth-order valence-electron chi connectivity index (χ4n) is 1.59. The molecule has 0 fully saturated rings. The van der Waals surface area contributed by atoms with Crippen LogP contribution in [0.2, 0.25) is 5.02 Å². The zero-order chi connectivity index (χ0) is 15.4. The summed E-state index contributed by atoms with van der Waals surface area (Å²) in [5.41, 5.74) is 0.742. The number of ether oxygens (including phenoxy) is 1. The lowest BCUT2D eigenvalue weighted by Gasteiger charge is -2.16. The van der Waals surface area contributed by atoms with Gasteiger partial charge in [-0.25, -0.2) is 0 Å². The van der Waals surface area contributed by atoms with Crippen LogP contribution in [0.5, 0.6) is 5.75 Å². The van der Waals surface area contributed by atoms with E-state index in [1.54, 1.807) is 25.1 Å². The Bertz CT molecular complexity index is 649. The van der Waals surface area contributed by atoms with Crippen molar-refractivity contribution in [3.63, 3.8) is 0 Å². The van der Waals surface area contributed by atoms with Crippen molar-refractivity contribution in [1.29, 1.82) is 0 Å². The van der Waals surface area contributed by atoms with Crippen LogP contribution in [-0.4, -0.2) is 12.0 Å². The van der Waals surface area contributed by atoms with Crippen LogP contribution < -0.4 is 10.1 Å². The van der Waals surface area contributed by atoms with E-state index in [9.17, 15) is 4.79 Å². The van der Waals surface area contributed by atoms with Crippen LogP contribution in [0.4, 0.5) is 5.69 Å². The van der Waals surface area contributed by atoms with Crippen LogP contribution in [0.3, 0.4) is 0 Å². The molecule has 1 atom stereocenters. The third-order valence-electron chi connectivity index (χ3n) is 2.68. The molecule has 110 valence electrons. The van der Waals surface area contributed by atoms with E-state index in [2.05, 4.69) is 43.8 Å². The number of nitrogens with one attached hydrogen (secondary N) is 1. The summed E-state index contributed by atoms with van der Waals surface area (Å²) in [4.78, 5) is 12.1. The van der Waals surface area contributed by atoms with Crippen LogP contribution in [-0.2, 0) is 4.79 Å². The SMILES string of the molecule is CC(Oc1ccc(Cl)cc1Br)C(=O)Nc1ccc(I)cc1. The molecule has 0 radical (unpaired) electrons. The van der Waals surface area contributed by atoms with Gasteiger partial charge in [-0.15, -0.1) is 0 Å². The largest absolute Gasteiger partial charge is 0.480 e. The minimum Gasteiger partial charge on any atom is -0.480 e. The number of halogens is 3. The summed E-state index contributed by atoms with van der Waals surface area (Å²) < 4.78 is 7.46. The number of hydrogen-bond donors (Lipinski definition) is 1. The molecule has 0 aliphatic carbocycles. The molecule has 0 aliphatic heterocycles. The van der Waals surface area contributed by atoms with Crippen molar-refractivity contribution in [2.45, 2.75) is 13.0 Å². The molecular weight excluding hydrogens is 468 g/mol. The molecule has 21 heavy (non-hydrogen) atoms. The normalized spacial score (nSPS) is 11.8. The second-order valence-electron chi connectivity index (χ2n) is 4.33. The summed E-state index contributed by atoms with van der Waals surface area (Å²) in [6.07, 6.45) is -0.623. The van der Waals surface area contributed by atoms with Crippen molar-refractivity contribution in [3.05, 3.63) is 55.5 Å². The molecule has 1 amide bonds. The van der Waals surface area contributed by atoms with E-state index in [1.807, 2.05) is 24.3 Å². The Balaban J connectivity index is 2.00. The fraction of sp³-hybridized carbons (Fsp3) is 0.133. The Morgan fingerprint density at radius 3 is 2.57 bits per heavy atom. The van der Waals surface area contributed by atoms with Crippen molar-refractivity contribution in [2.24, 2.45) is 0 Å². The first-order valence-corrected chi connectivity index (χ1v) is 8.39. The van der Waals surface area contributed by atoms with E-state index < -0.39 is 6.10 Å². The summed E-state index contributed by atoms with van der Waals surface area (Å²) in [5, 5.41) is 3.41. The van der Waals surface area contributed by atoms with Gasteiger partial charge in [0, 0.05) is 14.3 Å². The van der Waals surface area contributed by atoms with Gasteiger partial charge in [-0.3, -0.25) is 4.79 Å². The molecule has 2 aromatic carbocycles. The number of carbonyl (C=O) groups excluding carboxylic acids is 1. The first-order chi connectivity index (χ1) is 9.95. The number of carbonyl (C=O) groups is 1. The summed E-state index contributed by atoms with van der Waals surface area (Å²) >= 11 is 11.4. The molecule has 1 unspecified atom stereocenters. The standard InChI is InChI=1S/C15H12BrClINO2/c1-9(21-14-7-2-10(17)8-13(14)16)15(20)19-12-5-3-11(18)4-6-12/h2-9H,1H3,(H,19,20). The van der Waals surface area contributed by atoms with Crippen LogP contribution >= 0.6 is 50.1 Å². The lowest BCUT2D eigenvalue weighted by molar-refractivity contribution is -0.122. The van der Waals surface area contributed by atoms with Crippen LogP contribution in [0, 0.1) is 3.57 Å². The Morgan fingerprint density at radius 2 is 1.95 bits per heavy atom. The van der Waals surface area contributed by atoms with E-state index in [0.29, 0.717) is 15.2 Å². The summed E-state index contributed by atoms with van der Waals surface area (Å²) in [5.74, 6) is 0.364. The molecule has 3 nitrogen and oxygen atoms in total. The molecule has 2 aromatic rings. The molecule has 6 heteroatoms. The second-order valence-corrected chi connectivity index (χ2v) is 6.87. The Morgan fingerprint density at radius 1 is 1.29 bits per heavy atom. The highest BCUT2D eigenvalue weighted by Crippen LogP contribution is 2.28. The highest BCUT2D eigenvalue weighted by atomic mass is 127. The summed E-state index contributed by atoms with van der Waals surface area (Å²) in [6, 6.07) is 12.7. The number of benzene rings is 2. The fourth-order valence-corrected chi connectivity index (χ4v) is 2.73. The summed E-state index contributed by atoms with van der Waals surface area (Å²) in [7, 11) is 0. The van der Waals surface area contributed by atoms with Crippen molar-refractivity contribution in [1.82, 2.24) is 0 Å². The topological polar surface area (TPSA) is 38.3 Å². The predicted molar refractivity (Wildman–Crippen MR) is 97.0 cm³/mol. The second kappa shape index (κ2) is 7.47. The third-order valence-corrected chi connectivity index (χ3v) is 4.25. The van der Waals surface area contributed by atoms with Crippen LogP contribution in [0.1, 0.15) is 6.92 Å². The van der Waals surface area contributed by atoms with Gasteiger partial charge in [-0.05, 0) is 87.9 Å². The minimum absolute atomic E-state index is 0.210. The number of anilines is 1. The monoisotopic (exact) mass is 479 g/mol. The van der Waals surface area contributed by atoms with E-state index >= 15 is 0 Å². The molecule has 0 saturated carbocycles. The Hall–Kier alpha value is -0.790. The molecule has 2 rings (SSSR count). The maximum atomic E-state index is 12.1. The van der Waals surface area contributed by atoms with Gasteiger partial charge < -0.3 is 10.1 Å². The molecule has 0 aliphatic rings. The average molecular weight is 481 g/mol. The lowest BCUT2D eigenvalue weighted by Crippen LogP contribution is -2.30. The van der Waals surface area contributed by atoms with Gasteiger partial charge >= 0.3 is 0 Å². The van der Waals surface area contributed by atoms with E-state index in [1.165, 1.54) is 0 Å². The molecular formula is C15H12BrClINO2. The zero-order valence-corrected chi connectivity index (χ0v) is 15.6.